The second-order valence-corrected chi connectivity index (χ2v) is 5.53. The van der Waals surface area contributed by atoms with Gasteiger partial charge >= 0.3 is 0 Å². The molecular weight excluding hydrogens is 238 g/mol. The number of piperazine rings is 1. The van der Waals surface area contributed by atoms with Crippen molar-refractivity contribution in [3.63, 3.8) is 0 Å². The van der Waals surface area contributed by atoms with Gasteiger partial charge in [0.25, 0.3) is 0 Å². The normalized spacial score (nSPS) is 24.1. The summed E-state index contributed by atoms with van der Waals surface area (Å²) in [4.78, 5) is 16.8. The standard InChI is InChI=1S/C15H21N3O/c1-17-6-8-18(9-7-17)15(19)14-10-12-4-2-3-5-13(12)11-16-14/h2-5,14,16H,6-11H2,1H3/t14-/m1/s1. The van der Waals surface area contributed by atoms with Gasteiger partial charge < -0.3 is 15.1 Å². The van der Waals surface area contributed by atoms with Crippen LogP contribution in [-0.2, 0) is 17.8 Å². The molecule has 19 heavy (non-hydrogen) atoms. The van der Waals surface area contributed by atoms with Crippen molar-refractivity contribution in [2.75, 3.05) is 33.2 Å². The van der Waals surface area contributed by atoms with Crippen molar-refractivity contribution < 1.29 is 4.79 Å². The number of carbonyl (C=O) groups is 1. The molecule has 4 nitrogen and oxygen atoms in total. The predicted molar refractivity (Wildman–Crippen MR) is 74.9 cm³/mol. The van der Waals surface area contributed by atoms with Gasteiger partial charge in [-0.15, -0.1) is 0 Å². The minimum Gasteiger partial charge on any atom is -0.339 e. The first-order chi connectivity index (χ1) is 9.24. The molecule has 2 aliphatic rings. The van der Waals surface area contributed by atoms with Gasteiger partial charge in [0.2, 0.25) is 5.91 Å². The fourth-order valence-corrected chi connectivity index (χ4v) is 2.88. The number of fused-ring (bicyclic) bond motifs is 1. The first kappa shape index (κ1) is 12.6. The second kappa shape index (κ2) is 5.31. The van der Waals surface area contributed by atoms with Crippen molar-refractivity contribution in [2.24, 2.45) is 0 Å². The van der Waals surface area contributed by atoms with Gasteiger partial charge in [0.15, 0.2) is 0 Å². The van der Waals surface area contributed by atoms with E-state index in [1.54, 1.807) is 0 Å². The van der Waals surface area contributed by atoms with Crippen molar-refractivity contribution in [1.29, 1.82) is 0 Å². The van der Waals surface area contributed by atoms with Crippen LogP contribution >= 0.6 is 0 Å². The lowest BCUT2D eigenvalue weighted by Crippen LogP contribution is -2.54. The molecule has 1 fully saturated rings. The Kier molecular flexibility index (Phi) is 3.53. The van der Waals surface area contributed by atoms with E-state index in [1.807, 2.05) is 4.90 Å². The number of benzene rings is 1. The Bertz CT molecular complexity index is 466. The smallest absolute Gasteiger partial charge is 0.240 e. The van der Waals surface area contributed by atoms with E-state index in [0.29, 0.717) is 0 Å². The Balaban J connectivity index is 1.66. The number of carbonyl (C=O) groups excluding carboxylic acids is 1. The summed E-state index contributed by atoms with van der Waals surface area (Å²) in [7, 11) is 2.11. The van der Waals surface area contributed by atoms with Gasteiger partial charge in [-0.25, -0.2) is 0 Å². The maximum absolute atomic E-state index is 12.5. The van der Waals surface area contributed by atoms with Crippen LogP contribution in [0.3, 0.4) is 0 Å². The molecule has 0 unspecified atom stereocenters. The van der Waals surface area contributed by atoms with Gasteiger partial charge in [-0.3, -0.25) is 4.79 Å². The minimum absolute atomic E-state index is 0.0432. The lowest BCUT2D eigenvalue weighted by Gasteiger charge is -2.36. The van der Waals surface area contributed by atoms with Crippen LogP contribution in [0, 0.1) is 0 Å². The van der Waals surface area contributed by atoms with E-state index in [0.717, 1.165) is 39.1 Å². The molecule has 1 atom stereocenters. The van der Waals surface area contributed by atoms with Crippen molar-refractivity contribution in [3.8, 4) is 0 Å². The first-order valence-electron chi connectivity index (χ1n) is 7.01. The highest BCUT2D eigenvalue weighted by molar-refractivity contribution is 5.82. The van der Waals surface area contributed by atoms with Crippen LogP contribution < -0.4 is 5.32 Å². The summed E-state index contributed by atoms with van der Waals surface area (Å²) in [5, 5.41) is 3.38. The molecule has 1 aromatic rings. The molecule has 1 amide bonds. The van der Waals surface area contributed by atoms with Crippen LogP contribution in [0.2, 0.25) is 0 Å². The van der Waals surface area contributed by atoms with Gasteiger partial charge in [0.05, 0.1) is 6.04 Å². The molecule has 0 aromatic heterocycles. The number of rotatable bonds is 1. The quantitative estimate of drug-likeness (QED) is 0.796. The number of likely N-dealkylation sites (N-methyl/N-ethyl adjacent to an activating group) is 1. The Hall–Kier alpha value is -1.39. The SMILES string of the molecule is CN1CCN(C(=O)[C@H]2Cc3ccccc3CN2)CC1. The van der Waals surface area contributed by atoms with Gasteiger partial charge in [0, 0.05) is 32.7 Å². The molecule has 2 aliphatic heterocycles. The molecule has 1 aromatic carbocycles. The monoisotopic (exact) mass is 259 g/mol. The minimum atomic E-state index is -0.0432. The number of hydrogen-bond donors (Lipinski definition) is 1. The van der Waals surface area contributed by atoms with E-state index >= 15 is 0 Å². The Morgan fingerprint density at radius 3 is 2.58 bits per heavy atom. The Morgan fingerprint density at radius 2 is 1.84 bits per heavy atom. The van der Waals surface area contributed by atoms with Crippen molar-refractivity contribution in [1.82, 2.24) is 15.1 Å². The fraction of sp³-hybridized carbons (Fsp3) is 0.533. The van der Waals surface area contributed by atoms with E-state index in [2.05, 4.69) is 41.5 Å². The molecule has 4 heteroatoms. The second-order valence-electron chi connectivity index (χ2n) is 5.53. The molecule has 0 saturated carbocycles. The third kappa shape index (κ3) is 2.65. The van der Waals surface area contributed by atoms with Gasteiger partial charge in [0.1, 0.15) is 0 Å². The van der Waals surface area contributed by atoms with E-state index in [1.165, 1.54) is 11.1 Å². The van der Waals surface area contributed by atoms with Gasteiger partial charge in [-0.05, 0) is 24.6 Å². The van der Waals surface area contributed by atoms with Crippen LogP contribution in [0.15, 0.2) is 24.3 Å². The highest BCUT2D eigenvalue weighted by Gasteiger charge is 2.29. The summed E-state index contributed by atoms with van der Waals surface area (Å²) < 4.78 is 0. The number of amides is 1. The number of nitrogens with one attached hydrogen (secondary N) is 1. The molecule has 3 rings (SSSR count). The van der Waals surface area contributed by atoms with Crippen LogP contribution in [-0.4, -0.2) is 55.0 Å². The average Bonchev–Trinajstić information content (AvgIpc) is 2.47. The van der Waals surface area contributed by atoms with E-state index in [9.17, 15) is 4.79 Å². The summed E-state index contributed by atoms with van der Waals surface area (Å²) in [5.41, 5.74) is 2.64. The van der Waals surface area contributed by atoms with Crippen molar-refractivity contribution in [2.45, 2.75) is 19.0 Å². The molecule has 0 bridgehead atoms. The highest BCUT2D eigenvalue weighted by Crippen LogP contribution is 2.17. The molecule has 2 heterocycles. The lowest BCUT2D eigenvalue weighted by molar-refractivity contribution is -0.135. The summed E-state index contributed by atoms with van der Waals surface area (Å²) in [6, 6.07) is 8.35. The third-order valence-corrected chi connectivity index (χ3v) is 4.19. The maximum Gasteiger partial charge on any atom is 0.240 e. The zero-order valence-electron chi connectivity index (χ0n) is 11.4. The van der Waals surface area contributed by atoms with E-state index < -0.39 is 0 Å². The molecule has 0 aliphatic carbocycles. The third-order valence-electron chi connectivity index (χ3n) is 4.19. The van der Waals surface area contributed by atoms with Crippen LogP contribution in [0.4, 0.5) is 0 Å². The zero-order valence-corrected chi connectivity index (χ0v) is 11.4. The van der Waals surface area contributed by atoms with Crippen molar-refractivity contribution in [3.05, 3.63) is 35.4 Å². The largest absolute Gasteiger partial charge is 0.339 e. The average molecular weight is 259 g/mol. The van der Waals surface area contributed by atoms with Gasteiger partial charge in [-0.1, -0.05) is 24.3 Å². The number of nitrogens with zero attached hydrogens (tertiary/aromatic N) is 2. The lowest BCUT2D eigenvalue weighted by atomic mass is 9.95. The Labute approximate surface area is 114 Å². The summed E-state index contributed by atoms with van der Waals surface area (Å²) >= 11 is 0. The molecule has 1 N–H and O–H groups in total. The van der Waals surface area contributed by atoms with Crippen LogP contribution in [0.5, 0.6) is 0 Å². The van der Waals surface area contributed by atoms with E-state index in [-0.39, 0.29) is 11.9 Å². The Morgan fingerprint density at radius 1 is 1.16 bits per heavy atom. The van der Waals surface area contributed by atoms with Crippen LogP contribution in [0.1, 0.15) is 11.1 Å². The molecule has 0 spiro atoms. The molecule has 0 radical (unpaired) electrons. The van der Waals surface area contributed by atoms with Crippen LogP contribution in [0.25, 0.3) is 0 Å². The highest BCUT2D eigenvalue weighted by atomic mass is 16.2. The molecular formula is C15H21N3O. The summed E-state index contributed by atoms with van der Waals surface area (Å²) in [6.45, 7) is 4.48. The molecule has 1 saturated heterocycles. The number of hydrogen-bond acceptors (Lipinski definition) is 3. The molecule has 102 valence electrons. The summed E-state index contributed by atoms with van der Waals surface area (Å²) in [6.07, 6.45) is 0.821. The first-order valence-corrected chi connectivity index (χ1v) is 7.01. The fourth-order valence-electron chi connectivity index (χ4n) is 2.88. The zero-order chi connectivity index (χ0) is 13.2. The van der Waals surface area contributed by atoms with Gasteiger partial charge in [-0.2, -0.15) is 0 Å². The predicted octanol–water partition coefficient (Wildman–Crippen LogP) is 0.475. The van der Waals surface area contributed by atoms with E-state index in [4.69, 9.17) is 0 Å². The topological polar surface area (TPSA) is 35.6 Å². The van der Waals surface area contributed by atoms with Crippen molar-refractivity contribution >= 4 is 5.91 Å². The summed E-state index contributed by atoms with van der Waals surface area (Å²) in [5.74, 6) is 0.266. The maximum atomic E-state index is 12.5.